The molecule has 0 aliphatic rings. The first-order chi connectivity index (χ1) is 12.7. The molecule has 2 rings (SSSR count). The normalized spacial score (nSPS) is 11.4. The number of ether oxygens (including phenoxy) is 1. The van der Waals surface area contributed by atoms with E-state index in [1.807, 2.05) is 54.6 Å². The van der Waals surface area contributed by atoms with Crippen molar-refractivity contribution in [3.63, 3.8) is 0 Å². The van der Waals surface area contributed by atoms with Gasteiger partial charge in [0.15, 0.2) is 6.61 Å². The molecule has 0 saturated heterocycles. The average Bonchev–Trinajstić information content (AvgIpc) is 2.69. The van der Waals surface area contributed by atoms with E-state index >= 15 is 0 Å². The molecule has 2 aromatic carbocycles. The number of hydrogen-bond acceptors (Lipinski definition) is 3. The molecule has 136 valence electrons. The molecule has 2 aromatic rings. The second kappa shape index (κ2) is 10.2. The molecule has 0 bridgehead atoms. The van der Waals surface area contributed by atoms with E-state index < -0.39 is 0 Å². The van der Waals surface area contributed by atoms with Crippen LogP contribution in [0.4, 0.5) is 0 Å². The van der Waals surface area contributed by atoms with Crippen molar-refractivity contribution in [2.24, 2.45) is 0 Å². The summed E-state index contributed by atoms with van der Waals surface area (Å²) in [5.41, 5.74) is 2.16. The van der Waals surface area contributed by atoms with Crippen molar-refractivity contribution in [3.05, 3.63) is 65.7 Å². The molecule has 0 aromatic heterocycles. The quantitative estimate of drug-likeness (QED) is 0.668. The van der Waals surface area contributed by atoms with Crippen LogP contribution in [0.25, 0.3) is 0 Å². The van der Waals surface area contributed by atoms with E-state index in [1.54, 1.807) is 4.90 Å². The summed E-state index contributed by atoms with van der Waals surface area (Å²) in [6, 6.07) is 19.8. The predicted octanol–water partition coefficient (Wildman–Crippen LogP) is 4.52. The Hall–Kier alpha value is -2.80. The van der Waals surface area contributed by atoms with E-state index in [9.17, 15) is 4.79 Å². The second-order valence-electron chi connectivity index (χ2n) is 6.34. The molecule has 0 saturated carbocycles. The summed E-state index contributed by atoms with van der Waals surface area (Å²) in [6.07, 6.45) is 1.32. The van der Waals surface area contributed by atoms with Crippen molar-refractivity contribution in [2.75, 3.05) is 13.2 Å². The van der Waals surface area contributed by atoms with Gasteiger partial charge in [0.1, 0.15) is 5.75 Å². The highest BCUT2D eigenvalue weighted by Crippen LogP contribution is 2.28. The van der Waals surface area contributed by atoms with Crippen LogP contribution in [0.15, 0.2) is 54.6 Å². The molecule has 0 N–H and O–H groups in total. The van der Waals surface area contributed by atoms with Crippen molar-refractivity contribution in [2.45, 2.75) is 39.2 Å². The number of hydrogen-bond donors (Lipinski definition) is 0. The van der Waals surface area contributed by atoms with Gasteiger partial charge in [-0.25, -0.2) is 0 Å². The smallest absolute Gasteiger partial charge is 0.260 e. The first kappa shape index (κ1) is 19.5. The van der Waals surface area contributed by atoms with Crippen LogP contribution < -0.4 is 4.74 Å². The van der Waals surface area contributed by atoms with Crippen molar-refractivity contribution in [1.82, 2.24) is 4.90 Å². The summed E-state index contributed by atoms with van der Waals surface area (Å²) in [4.78, 5) is 14.4. The van der Waals surface area contributed by atoms with E-state index in [4.69, 9.17) is 10.00 Å². The van der Waals surface area contributed by atoms with E-state index in [1.165, 1.54) is 0 Å². The van der Waals surface area contributed by atoms with Crippen LogP contribution in [0.3, 0.4) is 0 Å². The fourth-order valence-electron chi connectivity index (χ4n) is 2.75. The van der Waals surface area contributed by atoms with Gasteiger partial charge in [-0.05, 0) is 29.5 Å². The Morgan fingerprint density at radius 3 is 2.54 bits per heavy atom. The van der Waals surface area contributed by atoms with Gasteiger partial charge >= 0.3 is 0 Å². The molecule has 0 fully saturated rings. The molecule has 0 aliphatic carbocycles. The van der Waals surface area contributed by atoms with Crippen LogP contribution >= 0.6 is 0 Å². The van der Waals surface area contributed by atoms with Crippen LogP contribution in [-0.2, 0) is 11.3 Å². The summed E-state index contributed by atoms with van der Waals surface area (Å²) in [5, 5.41) is 8.88. The molecule has 0 aliphatic heterocycles. The molecule has 0 spiro atoms. The van der Waals surface area contributed by atoms with Crippen molar-refractivity contribution in [1.29, 1.82) is 5.26 Å². The SMILES string of the molecule is CCC(C)c1ccccc1OCC(=O)N(CCC#N)Cc1ccccc1. The third kappa shape index (κ3) is 5.63. The summed E-state index contributed by atoms with van der Waals surface area (Å²) in [5.74, 6) is 1.03. The van der Waals surface area contributed by atoms with Gasteiger partial charge in [-0.1, -0.05) is 62.4 Å². The highest BCUT2D eigenvalue weighted by atomic mass is 16.5. The first-order valence-corrected chi connectivity index (χ1v) is 9.06. The number of para-hydroxylation sites is 1. The van der Waals surface area contributed by atoms with Crippen LogP contribution in [0.2, 0.25) is 0 Å². The van der Waals surface area contributed by atoms with Crippen LogP contribution in [-0.4, -0.2) is 24.0 Å². The molecule has 0 heterocycles. The minimum Gasteiger partial charge on any atom is -0.483 e. The monoisotopic (exact) mass is 350 g/mol. The Morgan fingerprint density at radius 2 is 1.85 bits per heavy atom. The van der Waals surface area contributed by atoms with Gasteiger partial charge in [0.25, 0.3) is 5.91 Å². The Kier molecular flexibility index (Phi) is 7.70. The van der Waals surface area contributed by atoms with Crippen molar-refractivity contribution < 1.29 is 9.53 Å². The maximum absolute atomic E-state index is 12.7. The molecule has 0 radical (unpaired) electrons. The highest BCUT2D eigenvalue weighted by Gasteiger charge is 2.16. The van der Waals surface area contributed by atoms with Gasteiger partial charge in [-0.15, -0.1) is 0 Å². The maximum Gasteiger partial charge on any atom is 0.260 e. The topological polar surface area (TPSA) is 53.3 Å². The molecule has 1 amide bonds. The molecular formula is C22H26N2O2. The summed E-state index contributed by atoms with van der Waals surface area (Å²) < 4.78 is 5.85. The molecule has 1 unspecified atom stereocenters. The lowest BCUT2D eigenvalue weighted by atomic mass is 9.98. The third-order valence-corrected chi connectivity index (χ3v) is 4.48. The molecule has 4 heteroatoms. The van der Waals surface area contributed by atoms with Crippen molar-refractivity contribution >= 4 is 5.91 Å². The van der Waals surface area contributed by atoms with Gasteiger partial charge in [-0.2, -0.15) is 5.26 Å². The standard InChI is InChI=1S/C22H26N2O2/c1-3-18(2)20-12-7-8-13-21(20)26-17-22(25)24(15-9-14-23)16-19-10-5-4-6-11-19/h4-8,10-13,18H,3,9,15-17H2,1-2H3. The number of carbonyl (C=O) groups excluding carboxylic acids is 1. The summed E-state index contributed by atoms with van der Waals surface area (Å²) in [7, 11) is 0. The minimum atomic E-state index is -0.108. The van der Waals surface area contributed by atoms with E-state index in [-0.39, 0.29) is 12.5 Å². The van der Waals surface area contributed by atoms with Gasteiger partial charge in [0, 0.05) is 13.1 Å². The van der Waals surface area contributed by atoms with Crippen LogP contribution in [0, 0.1) is 11.3 Å². The predicted molar refractivity (Wildman–Crippen MR) is 103 cm³/mol. The van der Waals surface area contributed by atoms with E-state index in [2.05, 4.69) is 19.9 Å². The largest absolute Gasteiger partial charge is 0.483 e. The zero-order valence-electron chi connectivity index (χ0n) is 15.5. The molecule has 4 nitrogen and oxygen atoms in total. The number of benzene rings is 2. The Labute approximate surface area is 156 Å². The van der Waals surface area contributed by atoms with E-state index in [0.717, 1.165) is 23.3 Å². The maximum atomic E-state index is 12.7. The second-order valence-corrected chi connectivity index (χ2v) is 6.34. The van der Waals surface area contributed by atoms with Gasteiger partial charge in [0.05, 0.1) is 12.5 Å². The number of rotatable bonds is 9. The lowest BCUT2D eigenvalue weighted by Crippen LogP contribution is -2.35. The fraction of sp³-hybridized carbons (Fsp3) is 0.364. The summed E-state index contributed by atoms with van der Waals surface area (Å²) >= 11 is 0. The zero-order valence-corrected chi connectivity index (χ0v) is 15.5. The molecule has 26 heavy (non-hydrogen) atoms. The molecular weight excluding hydrogens is 324 g/mol. The number of carbonyl (C=O) groups is 1. The first-order valence-electron chi connectivity index (χ1n) is 9.06. The zero-order chi connectivity index (χ0) is 18.8. The van der Waals surface area contributed by atoms with Crippen LogP contribution in [0.1, 0.15) is 43.7 Å². The Balaban J connectivity index is 2.04. The third-order valence-electron chi connectivity index (χ3n) is 4.48. The number of amides is 1. The average molecular weight is 350 g/mol. The fourth-order valence-corrected chi connectivity index (χ4v) is 2.75. The number of nitrogens with zero attached hydrogens (tertiary/aromatic N) is 2. The minimum absolute atomic E-state index is 0.0221. The van der Waals surface area contributed by atoms with Crippen LogP contribution in [0.5, 0.6) is 5.75 Å². The molecule has 1 atom stereocenters. The number of nitriles is 1. The lowest BCUT2D eigenvalue weighted by Gasteiger charge is -2.23. The lowest BCUT2D eigenvalue weighted by molar-refractivity contribution is -0.134. The van der Waals surface area contributed by atoms with E-state index in [0.29, 0.717) is 25.4 Å². The van der Waals surface area contributed by atoms with Crippen molar-refractivity contribution in [3.8, 4) is 11.8 Å². The van der Waals surface area contributed by atoms with Gasteiger partial charge in [0.2, 0.25) is 0 Å². The van der Waals surface area contributed by atoms with Gasteiger partial charge < -0.3 is 9.64 Å². The van der Waals surface area contributed by atoms with Gasteiger partial charge in [-0.3, -0.25) is 4.79 Å². The summed E-state index contributed by atoms with van der Waals surface area (Å²) in [6.45, 7) is 5.15. The Bertz CT molecular complexity index is 737. The highest BCUT2D eigenvalue weighted by molar-refractivity contribution is 5.77. The Morgan fingerprint density at radius 1 is 1.15 bits per heavy atom.